The summed E-state index contributed by atoms with van der Waals surface area (Å²) in [7, 11) is 0. The first-order valence-electron chi connectivity index (χ1n) is 8.88. The van der Waals surface area contributed by atoms with Crippen LogP contribution in [-0.4, -0.2) is 10.2 Å². The Hall–Kier alpha value is -2.78. The van der Waals surface area contributed by atoms with Gasteiger partial charge in [0.2, 0.25) is 0 Å². The van der Waals surface area contributed by atoms with Crippen molar-refractivity contribution in [2.75, 3.05) is 0 Å². The molecule has 2 heterocycles. The van der Waals surface area contributed by atoms with Gasteiger partial charge in [0.15, 0.2) is 0 Å². The summed E-state index contributed by atoms with van der Waals surface area (Å²) in [6, 6.07) is 19.3. The van der Waals surface area contributed by atoms with Crippen molar-refractivity contribution in [2.24, 2.45) is 0 Å². The molecule has 2 aromatic carbocycles. The quantitative estimate of drug-likeness (QED) is 0.631. The Balaban J connectivity index is 1.84. The summed E-state index contributed by atoms with van der Waals surface area (Å²) in [6.07, 6.45) is 3.82. The van der Waals surface area contributed by atoms with Gasteiger partial charge in [0.1, 0.15) is 11.4 Å². The molecule has 27 heavy (non-hydrogen) atoms. The van der Waals surface area contributed by atoms with Gasteiger partial charge in [0.25, 0.3) is 5.56 Å². The van der Waals surface area contributed by atoms with Crippen LogP contribution in [0, 0.1) is 0 Å². The zero-order chi connectivity index (χ0) is 19.0. The van der Waals surface area contributed by atoms with Crippen molar-refractivity contribution in [1.82, 2.24) is 4.57 Å². The third-order valence-corrected chi connectivity index (χ3v) is 4.84. The van der Waals surface area contributed by atoms with E-state index in [1.54, 1.807) is 10.6 Å². The lowest BCUT2D eigenvalue weighted by Crippen LogP contribution is -2.31. The first-order chi connectivity index (χ1) is 12.9. The Morgan fingerprint density at radius 1 is 1.00 bits per heavy atom. The van der Waals surface area contributed by atoms with Crippen LogP contribution in [0.5, 0.6) is 5.75 Å². The third-order valence-electron chi connectivity index (χ3n) is 4.60. The number of aromatic nitrogens is 1. The zero-order valence-electron chi connectivity index (χ0n) is 15.3. The van der Waals surface area contributed by atoms with E-state index in [4.69, 9.17) is 16.3 Å². The molecule has 0 fully saturated rings. The summed E-state index contributed by atoms with van der Waals surface area (Å²) in [5, 5.41) is 0.614. The summed E-state index contributed by atoms with van der Waals surface area (Å²) in [5.74, 6) is 0.736. The van der Waals surface area contributed by atoms with E-state index in [1.165, 1.54) is 0 Å². The number of hydrogen-bond acceptors (Lipinski definition) is 2. The first-order valence-corrected chi connectivity index (χ1v) is 9.26. The highest BCUT2D eigenvalue weighted by molar-refractivity contribution is 6.30. The maximum Gasteiger partial charge on any atom is 0.258 e. The molecule has 0 atom stereocenters. The molecule has 0 spiro atoms. The topological polar surface area (TPSA) is 31.2 Å². The van der Waals surface area contributed by atoms with E-state index in [2.05, 4.69) is 0 Å². The lowest BCUT2D eigenvalue weighted by atomic mass is 9.90. The molecule has 1 aromatic heterocycles. The smallest absolute Gasteiger partial charge is 0.258 e. The number of pyridine rings is 1. The van der Waals surface area contributed by atoms with Crippen LogP contribution in [0.25, 0.3) is 5.57 Å². The standard InChI is InChI=1S/C23H20ClNO2/c1-23(2)14-20(19-13-17(24)10-11-21(19)27-23)18-9-6-12-25(22(18)26)15-16-7-4-3-5-8-16/h3-14H,15H2,1-2H3. The molecule has 136 valence electrons. The third kappa shape index (κ3) is 3.56. The zero-order valence-corrected chi connectivity index (χ0v) is 16.0. The minimum atomic E-state index is -0.511. The van der Waals surface area contributed by atoms with Crippen molar-refractivity contribution in [2.45, 2.75) is 26.0 Å². The van der Waals surface area contributed by atoms with Gasteiger partial charge in [0.05, 0.1) is 6.54 Å². The van der Waals surface area contributed by atoms with Crippen LogP contribution in [-0.2, 0) is 6.54 Å². The Kier molecular flexibility index (Phi) is 4.40. The van der Waals surface area contributed by atoms with Gasteiger partial charge in [-0.05, 0) is 61.4 Å². The van der Waals surface area contributed by atoms with Crippen molar-refractivity contribution in [1.29, 1.82) is 0 Å². The second-order valence-electron chi connectivity index (χ2n) is 7.24. The number of ether oxygens (including phenoxy) is 1. The molecular weight excluding hydrogens is 358 g/mol. The number of rotatable bonds is 3. The first kappa shape index (κ1) is 17.6. The van der Waals surface area contributed by atoms with Crippen LogP contribution in [0.15, 0.2) is 77.7 Å². The summed E-state index contributed by atoms with van der Waals surface area (Å²) in [4.78, 5) is 13.2. The fourth-order valence-electron chi connectivity index (χ4n) is 3.41. The van der Waals surface area contributed by atoms with Gasteiger partial charge in [0, 0.05) is 22.3 Å². The van der Waals surface area contributed by atoms with Crippen molar-refractivity contribution in [3.8, 4) is 5.75 Å². The molecule has 4 heteroatoms. The van der Waals surface area contributed by atoms with Gasteiger partial charge in [-0.25, -0.2) is 0 Å². The van der Waals surface area contributed by atoms with Crippen molar-refractivity contribution >= 4 is 17.2 Å². The van der Waals surface area contributed by atoms with Crippen molar-refractivity contribution in [3.05, 3.63) is 105 Å². The number of hydrogen-bond donors (Lipinski definition) is 0. The molecule has 3 aromatic rings. The van der Waals surface area contributed by atoms with E-state index in [0.29, 0.717) is 17.1 Å². The van der Waals surface area contributed by atoms with Gasteiger partial charge in [-0.3, -0.25) is 4.79 Å². The van der Waals surface area contributed by atoms with Crippen LogP contribution < -0.4 is 10.3 Å². The van der Waals surface area contributed by atoms with Crippen LogP contribution in [0.4, 0.5) is 0 Å². The highest BCUT2D eigenvalue weighted by Gasteiger charge is 2.28. The Bertz CT molecular complexity index is 1080. The summed E-state index contributed by atoms with van der Waals surface area (Å²) < 4.78 is 7.78. The van der Waals surface area contributed by atoms with E-state index in [9.17, 15) is 4.79 Å². The largest absolute Gasteiger partial charge is 0.483 e. The second-order valence-corrected chi connectivity index (χ2v) is 7.68. The predicted molar refractivity (Wildman–Crippen MR) is 109 cm³/mol. The fourth-order valence-corrected chi connectivity index (χ4v) is 3.58. The minimum absolute atomic E-state index is 0.0313. The van der Waals surface area contributed by atoms with Crippen molar-refractivity contribution in [3.63, 3.8) is 0 Å². The molecule has 1 aliphatic rings. The Morgan fingerprint density at radius 2 is 1.78 bits per heavy atom. The van der Waals surface area contributed by atoms with E-state index in [0.717, 1.165) is 22.4 Å². The molecule has 0 saturated heterocycles. The van der Waals surface area contributed by atoms with E-state index in [-0.39, 0.29) is 5.56 Å². The molecule has 0 amide bonds. The maximum absolute atomic E-state index is 13.2. The molecule has 1 aliphatic heterocycles. The molecular formula is C23H20ClNO2. The van der Waals surface area contributed by atoms with Crippen LogP contribution in [0.2, 0.25) is 5.02 Å². The normalized spacial score (nSPS) is 14.9. The molecule has 0 radical (unpaired) electrons. The summed E-state index contributed by atoms with van der Waals surface area (Å²) in [5.41, 5.74) is 2.89. The molecule has 0 aliphatic carbocycles. The Morgan fingerprint density at radius 3 is 2.56 bits per heavy atom. The van der Waals surface area contributed by atoms with E-state index >= 15 is 0 Å². The number of benzene rings is 2. The SMILES string of the molecule is CC1(C)C=C(c2cccn(Cc3ccccc3)c2=O)c2cc(Cl)ccc2O1. The van der Waals surface area contributed by atoms with Crippen LogP contribution in [0.3, 0.4) is 0 Å². The van der Waals surface area contributed by atoms with Crippen LogP contribution in [0.1, 0.15) is 30.5 Å². The van der Waals surface area contributed by atoms with E-state index < -0.39 is 5.60 Å². The highest BCUT2D eigenvalue weighted by Crippen LogP contribution is 2.39. The van der Waals surface area contributed by atoms with Gasteiger partial charge < -0.3 is 9.30 Å². The fraction of sp³-hybridized carbons (Fsp3) is 0.174. The maximum atomic E-state index is 13.2. The lowest BCUT2D eigenvalue weighted by Gasteiger charge is -2.31. The Labute approximate surface area is 163 Å². The molecule has 0 bridgehead atoms. The average molecular weight is 378 g/mol. The molecule has 0 saturated carbocycles. The van der Waals surface area contributed by atoms with E-state index in [1.807, 2.05) is 80.7 Å². The van der Waals surface area contributed by atoms with Crippen molar-refractivity contribution < 1.29 is 4.74 Å². The molecule has 3 nitrogen and oxygen atoms in total. The van der Waals surface area contributed by atoms with Gasteiger partial charge in [-0.1, -0.05) is 41.9 Å². The molecule has 0 N–H and O–H groups in total. The predicted octanol–water partition coefficient (Wildman–Crippen LogP) is 5.15. The number of halogens is 1. The van der Waals surface area contributed by atoms with Gasteiger partial charge in [-0.2, -0.15) is 0 Å². The highest BCUT2D eigenvalue weighted by atomic mass is 35.5. The number of nitrogens with zero attached hydrogens (tertiary/aromatic N) is 1. The summed E-state index contributed by atoms with van der Waals surface area (Å²) in [6.45, 7) is 4.50. The molecule has 0 unspecified atom stereocenters. The lowest BCUT2D eigenvalue weighted by molar-refractivity contribution is 0.158. The van der Waals surface area contributed by atoms with Gasteiger partial charge >= 0.3 is 0 Å². The summed E-state index contributed by atoms with van der Waals surface area (Å²) >= 11 is 6.21. The van der Waals surface area contributed by atoms with Crippen LogP contribution >= 0.6 is 11.6 Å². The monoisotopic (exact) mass is 377 g/mol. The average Bonchev–Trinajstić information content (AvgIpc) is 2.64. The van der Waals surface area contributed by atoms with Gasteiger partial charge in [-0.15, -0.1) is 0 Å². The minimum Gasteiger partial charge on any atom is -0.483 e. The second kappa shape index (κ2) is 6.75. The number of fused-ring (bicyclic) bond motifs is 1. The molecule has 4 rings (SSSR count).